The molecular weight excluding hydrogens is 337 g/mol. The Bertz CT molecular complexity index is 790. The van der Waals surface area contributed by atoms with Crippen LogP contribution in [0.2, 0.25) is 0 Å². The number of carbonyl (C=O) groups excluding carboxylic acids is 2. The van der Waals surface area contributed by atoms with Crippen LogP contribution < -0.4 is 5.32 Å². The molecule has 2 rings (SSSR count). The Morgan fingerprint density at radius 3 is 2.12 bits per heavy atom. The highest BCUT2D eigenvalue weighted by Crippen LogP contribution is 2.19. The predicted molar refractivity (Wildman–Crippen MR) is 71.6 cm³/mol. The van der Waals surface area contributed by atoms with Crippen molar-refractivity contribution in [3.8, 4) is 0 Å². The first-order valence-corrected chi connectivity index (χ1v) is 6.35. The summed E-state index contributed by atoms with van der Waals surface area (Å²) in [5.41, 5.74) is -1.68. The molecule has 1 amide bonds. The zero-order valence-corrected chi connectivity index (χ0v) is 11.7. The Morgan fingerprint density at radius 1 is 0.875 bits per heavy atom. The summed E-state index contributed by atoms with van der Waals surface area (Å²) in [4.78, 5) is 23.1. The van der Waals surface area contributed by atoms with Gasteiger partial charge in [-0.15, -0.1) is 0 Å². The minimum Gasteiger partial charge on any atom is -0.452 e. The van der Waals surface area contributed by atoms with E-state index in [4.69, 9.17) is 0 Å². The van der Waals surface area contributed by atoms with Crippen molar-refractivity contribution in [3.05, 3.63) is 65.0 Å². The Hall–Kier alpha value is -2.97. The molecule has 0 aliphatic carbocycles. The summed E-state index contributed by atoms with van der Waals surface area (Å²) in [5, 5.41) is 1.83. The molecule has 0 spiro atoms. The summed E-state index contributed by atoms with van der Waals surface area (Å²) < 4.78 is 70.2. The van der Waals surface area contributed by atoms with Gasteiger partial charge in [-0.05, 0) is 24.3 Å². The summed E-state index contributed by atoms with van der Waals surface area (Å²) in [6.07, 6.45) is 0. The second-order valence-corrected chi connectivity index (χ2v) is 4.44. The first-order chi connectivity index (χ1) is 11.3. The number of rotatable bonds is 4. The van der Waals surface area contributed by atoms with E-state index in [9.17, 15) is 31.5 Å². The Morgan fingerprint density at radius 2 is 1.50 bits per heavy atom. The standard InChI is InChI=1S/C15H8F5NO3/c16-7-2-1-3-8(17)12(7)15(23)24-6-11(22)21-10-5-4-9(18)13(19)14(10)20/h1-5H,6H2,(H,21,22). The lowest BCUT2D eigenvalue weighted by Gasteiger charge is -2.09. The maximum Gasteiger partial charge on any atom is 0.344 e. The fraction of sp³-hybridized carbons (Fsp3) is 0.0667. The molecule has 0 aliphatic rings. The lowest BCUT2D eigenvalue weighted by molar-refractivity contribution is -0.119. The molecule has 0 unspecified atom stereocenters. The van der Waals surface area contributed by atoms with Gasteiger partial charge in [0.25, 0.3) is 5.91 Å². The van der Waals surface area contributed by atoms with Crippen molar-refractivity contribution in [3.63, 3.8) is 0 Å². The third-order valence-corrected chi connectivity index (χ3v) is 2.81. The molecular formula is C15H8F5NO3. The molecule has 0 bridgehead atoms. The molecule has 0 heterocycles. The van der Waals surface area contributed by atoms with Crippen molar-refractivity contribution in [1.82, 2.24) is 0 Å². The Kier molecular flexibility index (Phi) is 5.12. The predicted octanol–water partition coefficient (Wildman–Crippen LogP) is 3.18. The van der Waals surface area contributed by atoms with Crippen molar-refractivity contribution in [1.29, 1.82) is 0 Å². The highest BCUT2D eigenvalue weighted by Gasteiger charge is 2.20. The number of nitrogens with one attached hydrogen (secondary N) is 1. The number of halogens is 5. The first-order valence-electron chi connectivity index (χ1n) is 6.35. The molecule has 0 aromatic heterocycles. The molecule has 0 saturated carbocycles. The van der Waals surface area contributed by atoms with Gasteiger partial charge >= 0.3 is 5.97 Å². The fourth-order valence-corrected chi connectivity index (χ4v) is 1.70. The summed E-state index contributed by atoms with van der Waals surface area (Å²) in [5.74, 6) is -9.84. The number of hydrogen-bond acceptors (Lipinski definition) is 3. The quantitative estimate of drug-likeness (QED) is 0.526. The van der Waals surface area contributed by atoms with Crippen LogP contribution in [0, 0.1) is 29.1 Å². The number of esters is 1. The van der Waals surface area contributed by atoms with Crippen molar-refractivity contribution in [2.45, 2.75) is 0 Å². The van der Waals surface area contributed by atoms with Gasteiger partial charge in [0, 0.05) is 0 Å². The van der Waals surface area contributed by atoms with Crippen LogP contribution in [0.15, 0.2) is 30.3 Å². The van der Waals surface area contributed by atoms with Crippen molar-refractivity contribution < 1.29 is 36.3 Å². The van der Waals surface area contributed by atoms with Crippen LogP contribution in [0.1, 0.15) is 10.4 Å². The van der Waals surface area contributed by atoms with E-state index >= 15 is 0 Å². The van der Waals surface area contributed by atoms with Gasteiger partial charge in [-0.1, -0.05) is 6.07 Å². The molecule has 2 aromatic carbocycles. The van der Waals surface area contributed by atoms with Gasteiger partial charge in [-0.25, -0.2) is 26.7 Å². The van der Waals surface area contributed by atoms with Gasteiger partial charge in [0.2, 0.25) is 0 Å². The molecule has 0 aliphatic heterocycles. The molecule has 1 N–H and O–H groups in total. The van der Waals surface area contributed by atoms with Gasteiger partial charge < -0.3 is 10.1 Å². The molecule has 0 fully saturated rings. The largest absolute Gasteiger partial charge is 0.452 e. The van der Waals surface area contributed by atoms with E-state index < -0.39 is 58.8 Å². The maximum absolute atomic E-state index is 13.4. The second-order valence-electron chi connectivity index (χ2n) is 4.44. The number of benzene rings is 2. The third-order valence-electron chi connectivity index (χ3n) is 2.81. The summed E-state index contributed by atoms with van der Waals surface area (Å²) in [7, 11) is 0. The average Bonchev–Trinajstić information content (AvgIpc) is 2.53. The van der Waals surface area contributed by atoms with E-state index in [1.54, 1.807) is 0 Å². The highest BCUT2D eigenvalue weighted by atomic mass is 19.2. The Labute approximate surface area is 131 Å². The van der Waals surface area contributed by atoms with Gasteiger partial charge in [0.1, 0.15) is 17.2 Å². The van der Waals surface area contributed by atoms with E-state index in [1.807, 2.05) is 5.32 Å². The summed E-state index contributed by atoms with van der Waals surface area (Å²) in [6, 6.07) is 3.99. The number of ether oxygens (including phenoxy) is 1. The number of carbonyl (C=O) groups is 2. The van der Waals surface area contributed by atoms with Gasteiger partial charge in [-0.3, -0.25) is 4.79 Å². The lowest BCUT2D eigenvalue weighted by atomic mass is 10.2. The molecule has 0 atom stereocenters. The summed E-state index contributed by atoms with van der Waals surface area (Å²) >= 11 is 0. The van der Waals surface area contributed by atoms with Crippen LogP contribution in [0.4, 0.5) is 27.6 Å². The molecule has 2 aromatic rings. The molecule has 4 nitrogen and oxygen atoms in total. The Balaban J connectivity index is 2.01. The van der Waals surface area contributed by atoms with E-state index in [0.29, 0.717) is 6.07 Å². The lowest BCUT2D eigenvalue weighted by Crippen LogP contribution is -2.22. The van der Waals surface area contributed by atoms with Crippen LogP contribution in [0.25, 0.3) is 0 Å². The van der Waals surface area contributed by atoms with Crippen LogP contribution in [0.5, 0.6) is 0 Å². The number of anilines is 1. The van der Waals surface area contributed by atoms with Crippen molar-refractivity contribution >= 4 is 17.6 Å². The van der Waals surface area contributed by atoms with E-state index in [0.717, 1.165) is 24.3 Å². The molecule has 0 saturated heterocycles. The second kappa shape index (κ2) is 7.07. The van der Waals surface area contributed by atoms with Crippen LogP contribution in [0.3, 0.4) is 0 Å². The number of amides is 1. The normalized spacial score (nSPS) is 10.4. The van der Waals surface area contributed by atoms with Gasteiger partial charge in [-0.2, -0.15) is 0 Å². The SMILES string of the molecule is O=C(COC(=O)c1c(F)cccc1F)Nc1ccc(F)c(F)c1F. The zero-order valence-electron chi connectivity index (χ0n) is 11.7. The van der Waals surface area contributed by atoms with E-state index in [1.165, 1.54) is 0 Å². The minimum absolute atomic E-state index is 0.578. The molecule has 24 heavy (non-hydrogen) atoms. The van der Waals surface area contributed by atoms with Gasteiger partial charge in [0.15, 0.2) is 24.1 Å². The molecule has 126 valence electrons. The van der Waals surface area contributed by atoms with Gasteiger partial charge in [0.05, 0.1) is 5.69 Å². The van der Waals surface area contributed by atoms with E-state index in [-0.39, 0.29) is 0 Å². The van der Waals surface area contributed by atoms with Crippen molar-refractivity contribution in [2.24, 2.45) is 0 Å². The smallest absolute Gasteiger partial charge is 0.344 e. The van der Waals surface area contributed by atoms with Crippen LogP contribution in [-0.2, 0) is 9.53 Å². The first kappa shape index (κ1) is 17.4. The maximum atomic E-state index is 13.4. The van der Waals surface area contributed by atoms with Crippen molar-refractivity contribution in [2.75, 3.05) is 11.9 Å². The third kappa shape index (κ3) is 3.67. The molecule has 9 heteroatoms. The van der Waals surface area contributed by atoms with Crippen LogP contribution in [-0.4, -0.2) is 18.5 Å². The average molecular weight is 345 g/mol. The van der Waals surface area contributed by atoms with Crippen LogP contribution >= 0.6 is 0 Å². The number of hydrogen-bond donors (Lipinski definition) is 1. The molecule has 0 radical (unpaired) electrons. The monoisotopic (exact) mass is 345 g/mol. The summed E-state index contributed by atoms with van der Waals surface area (Å²) in [6.45, 7) is -1.02. The fourth-order valence-electron chi connectivity index (χ4n) is 1.70. The minimum atomic E-state index is -1.79. The highest BCUT2D eigenvalue weighted by molar-refractivity contribution is 5.95. The van der Waals surface area contributed by atoms with E-state index in [2.05, 4.69) is 4.74 Å². The topological polar surface area (TPSA) is 55.4 Å². The zero-order chi connectivity index (χ0) is 17.9.